The van der Waals surface area contributed by atoms with Gasteiger partial charge in [0.15, 0.2) is 0 Å². The highest BCUT2D eigenvalue weighted by atomic mass is 19.4. The van der Waals surface area contributed by atoms with Crippen LogP contribution in [0.4, 0.5) is 13.2 Å². The van der Waals surface area contributed by atoms with Crippen molar-refractivity contribution in [1.82, 2.24) is 5.43 Å². The summed E-state index contributed by atoms with van der Waals surface area (Å²) in [6.07, 6.45) is 0.250. The smallest absolute Gasteiger partial charge is 0.378 e. The predicted octanol–water partition coefficient (Wildman–Crippen LogP) is 3.04. The maximum atomic E-state index is 12.7. The molecule has 1 aliphatic heterocycles. The summed E-state index contributed by atoms with van der Waals surface area (Å²) in [4.78, 5) is 0. The van der Waals surface area contributed by atoms with Crippen LogP contribution in [0.2, 0.25) is 0 Å². The second-order valence-corrected chi connectivity index (χ2v) is 5.48. The van der Waals surface area contributed by atoms with E-state index < -0.39 is 11.7 Å². The van der Waals surface area contributed by atoms with Crippen molar-refractivity contribution < 1.29 is 17.9 Å². The number of halogens is 3. The summed E-state index contributed by atoms with van der Waals surface area (Å²) in [6, 6.07) is 5.37. The van der Waals surface area contributed by atoms with Crippen molar-refractivity contribution >= 4 is 0 Å². The van der Waals surface area contributed by atoms with Gasteiger partial charge in [0.1, 0.15) is 0 Å². The van der Waals surface area contributed by atoms with Gasteiger partial charge in [0.05, 0.1) is 11.7 Å². The van der Waals surface area contributed by atoms with Crippen LogP contribution in [-0.4, -0.2) is 18.8 Å². The highest BCUT2D eigenvalue weighted by Gasteiger charge is 2.30. The quantitative estimate of drug-likeness (QED) is 0.627. The first-order chi connectivity index (χ1) is 9.99. The molecule has 1 aromatic rings. The molecule has 0 saturated carbocycles. The van der Waals surface area contributed by atoms with Crippen LogP contribution < -0.4 is 11.3 Å². The minimum Gasteiger partial charge on any atom is -0.378 e. The van der Waals surface area contributed by atoms with Gasteiger partial charge in [0.2, 0.25) is 0 Å². The molecule has 0 bridgehead atoms. The fourth-order valence-corrected chi connectivity index (χ4v) is 2.66. The van der Waals surface area contributed by atoms with Gasteiger partial charge in [-0.15, -0.1) is 0 Å². The van der Waals surface area contributed by atoms with E-state index in [0.717, 1.165) is 38.4 Å². The number of alkyl halides is 3. The first kappa shape index (κ1) is 16.3. The van der Waals surface area contributed by atoms with Crippen molar-refractivity contribution in [2.45, 2.75) is 50.4 Å². The number of rotatable bonds is 6. The molecule has 0 aromatic heterocycles. The maximum Gasteiger partial charge on any atom is 0.416 e. The largest absolute Gasteiger partial charge is 0.416 e. The molecular formula is C15H21F3N2O. The van der Waals surface area contributed by atoms with E-state index in [1.807, 2.05) is 0 Å². The Morgan fingerprint density at radius 2 is 2.19 bits per heavy atom. The van der Waals surface area contributed by atoms with Gasteiger partial charge in [-0.05, 0) is 43.7 Å². The third-order valence-electron chi connectivity index (χ3n) is 3.83. The lowest BCUT2D eigenvalue weighted by Gasteiger charge is -2.18. The normalized spacial score (nSPS) is 20.7. The fraction of sp³-hybridized carbons (Fsp3) is 0.600. The molecule has 2 rings (SSSR count). The lowest BCUT2D eigenvalue weighted by Crippen LogP contribution is -2.37. The highest BCUT2D eigenvalue weighted by molar-refractivity contribution is 5.26. The first-order valence-corrected chi connectivity index (χ1v) is 7.23. The van der Waals surface area contributed by atoms with Crippen LogP contribution in [0.5, 0.6) is 0 Å². The van der Waals surface area contributed by atoms with E-state index >= 15 is 0 Å². The number of nitrogens with one attached hydrogen (secondary N) is 1. The number of nitrogens with two attached hydrogens (primary N) is 1. The standard InChI is InChI=1S/C15H21F3N2O/c16-15(17,18)12-4-1-3-11(9-12)10-13(20-19)6-7-14-5-2-8-21-14/h1,3-4,9,13-14,20H,2,5-8,10,19H2. The number of hydrazine groups is 1. The Kier molecular flexibility index (Phi) is 5.61. The van der Waals surface area contributed by atoms with E-state index in [1.165, 1.54) is 12.1 Å². The summed E-state index contributed by atoms with van der Waals surface area (Å²) in [5, 5.41) is 0. The van der Waals surface area contributed by atoms with Gasteiger partial charge in [-0.25, -0.2) is 0 Å². The maximum absolute atomic E-state index is 12.7. The number of benzene rings is 1. The summed E-state index contributed by atoms with van der Waals surface area (Å²) < 4.78 is 43.6. The molecule has 1 saturated heterocycles. The zero-order valence-corrected chi connectivity index (χ0v) is 11.8. The Morgan fingerprint density at radius 3 is 2.81 bits per heavy atom. The molecule has 1 aliphatic rings. The first-order valence-electron chi connectivity index (χ1n) is 7.23. The Labute approximate surface area is 122 Å². The number of hydrogen-bond acceptors (Lipinski definition) is 3. The van der Waals surface area contributed by atoms with Gasteiger partial charge in [0, 0.05) is 12.6 Å². The molecule has 2 atom stereocenters. The minimum absolute atomic E-state index is 0.0438. The van der Waals surface area contributed by atoms with Crippen LogP contribution in [0.25, 0.3) is 0 Å². The van der Waals surface area contributed by atoms with Gasteiger partial charge < -0.3 is 4.74 Å². The van der Waals surface area contributed by atoms with E-state index in [2.05, 4.69) is 5.43 Å². The molecule has 1 heterocycles. The summed E-state index contributed by atoms with van der Waals surface area (Å²) in [7, 11) is 0. The van der Waals surface area contributed by atoms with Crippen LogP contribution in [0.1, 0.15) is 36.8 Å². The second kappa shape index (κ2) is 7.24. The topological polar surface area (TPSA) is 47.3 Å². The molecule has 0 amide bonds. The molecular weight excluding hydrogens is 281 g/mol. The molecule has 2 unspecified atom stereocenters. The Hall–Kier alpha value is -1.11. The van der Waals surface area contributed by atoms with Crippen molar-refractivity contribution in [1.29, 1.82) is 0 Å². The lowest BCUT2D eigenvalue weighted by atomic mass is 9.98. The van der Waals surface area contributed by atoms with Gasteiger partial charge >= 0.3 is 6.18 Å². The van der Waals surface area contributed by atoms with Crippen molar-refractivity contribution in [2.75, 3.05) is 6.61 Å². The monoisotopic (exact) mass is 302 g/mol. The van der Waals surface area contributed by atoms with E-state index in [-0.39, 0.29) is 12.1 Å². The molecule has 118 valence electrons. The number of ether oxygens (including phenoxy) is 1. The molecule has 0 spiro atoms. The Morgan fingerprint density at radius 1 is 1.38 bits per heavy atom. The van der Waals surface area contributed by atoms with Crippen LogP contribution >= 0.6 is 0 Å². The number of hydrogen-bond donors (Lipinski definition) is 2. The van der Waals surface area contributed by atoms with Gasteiger partial charge in [-0.1, -0.05) is 18.2 Å². The molecule has 1 fully saturated rings. The van der Waals surface area contributed by atoms with E-state index in [9.17, 15) is 13.2 Å². The molecule has 0 radical (unpaired) electrons. The highest BCUT2D eigenvalue weighted by Crippen LogP contribution is 2.30. The van der Waals surface area contributed by atoms with Crippen LogP contribution in [0, 0.1) is 0 Å². The molecule has 3 N–H and O–H groups in total. The van der Waals surface area contributed by atoms with Crippen molar-refractivity contribution in [3.05, 3.63) is 35.4 Å². The van der Waals surface area contributed by atoms with E-state index in [4.69, 9.17) is 10.6 Å². The van der Waals surface area contributed by atoms with Crippen molar-refractivity contribution in [3.63, 3.8) is 0 Å². The van der Waals surface area contributed by atoms with E-state index in [1.54, 1.807) is 6.07 Å². The van der Waals surface area contributed by atoms with E-state index in [0.29, 0.717) is 12.0 Å². The second-order valence-electron chi connectivity index (χ2n) is 5.48. The summed E-state index contributed by atoms with van der Waals surface area (Å²) in [6.45, 7) is 0.805. The zero-order valence-electron chi connectivity index (χ0n) is 11.8. The van der Waals surface area contributed by atoms with Gasteiger partial charge in [-0.3, -0.25) is 11.3 Å². The molecule has 1 aromatic carbocycles. The minimum atomic E-state index is -4.31. The summed E-state index contributed by atoms with van der Waals surface area (Å²) in [5.41, 5.74) is 2.72. The predicted molar refractivity (Wildman–Crippen MR) is 74.5 cm³/mol. The van der Waals surface area contributed by atoms with Gasteiger partial charge in [0.25, 0.3) is 0 Å². The Bertz CT molecular complexity index is 445. The SMILES string of the molecule is NNC(CCC1CCCO1)Cc1cccc(C(F)(F)F)c1. The average Bonchev–Trinajstić information content (AvgIpc) is 2.96. The lowest BCUT2D eigenvalue weighted by molar-refractivity contribution is -0.137. The molecule has 21 heavy (non-hydrogen) atoms. The summed E-state index contributed by atoms with van der Waals surface area (Å²) in [5.74, 6) is 5.52. The van der Waals surface area contributed by atoms with Crippen LogP contribution in [0.3, 0.4) is 0 Å². The van der Waals surface area contributed by atoms with Crippen LogP contribution in [0.15, 0.2) is 24.3 Å². The van der Waals surface area contributed by atoms with Crippen molar-refractivity contribution in [2.24, 2.45) is 5.84 Å². The summed E-state index contributed by atoms with van der Waals surface area (Å²) >= 11 is 0. The molecule has 6 heteroatoms. The fourth-order valence-electron chi connectivity index (χ4n) is 2.66. The van der Waals surface area contributed by atoms with Crippen LogP contribution in [-0.2, 0) is 17.3 Å². The zero-order chi connectivity index (χ0) is 15.3. The third kappa shape index (κ3) is 4.98. The molecule has 3 nitrogen and oxygen atoms in total. The van der Waals surface area contributed by atoms with Crippen molar-refractivity contribution in [3.8, 4) is 0 Å². The Balaban J connectivity index is 1.91. The molecule has 0 aliphatic carbocycles. The average molecular weight is 302 g/mol. The third-order valence-corrected chi connectivity index (χ3v) is 3.83. The van der Waals surface area contributed by atoms with Gasteiger partial charge in [-0.2, -0.15) is 13.2 Å².